The van der Waals surface area contributed by atoms with E-state index in [-0.39, 0.29) is 18.4 Å². The number of hydrogen-bond acceptors (Lipinski definition) is 2. The van der Waals surface area contributed by atoms with E-state index < -0.39 is 11.7 Å². The van der Waals surface area contributed by atoms with Crippen LogP contribution in [0.3, 0.4) is 0 Å². The smallest absolute Gasteiger partial charge is 0.337 e. The fourth-order valence-electron chi connectivity index (χ4n) is 3.16. The molecular formula is C20H18ClF3N2O2. The fraction of sp³-hybridized carbons (Fsp3) is 0.300. The van der Waals surface area contributed by atoms with E-state index in [0.717, 1.165) is 12.1 Å². The molecule has 0 aliphatic carbocycles. The highest BCUT2D eigenvalue weighted by Crippen LogP contribution is 2.31. The molecule has 3 rings (SSSR count). The van der Waals surface area contributed by atoms with Gasteiger partial charge in [0, 0.05) is 31.6 Å². The highest BCUT2D eigenvalue weighted by Gasteiger charge is 2.30. The summed E-state index contributed by atoms with van der Waals surface area (Å²) in [5, 5.41) is 0.414. The molecule has 1 aliphatic heterocycles. The molecule has 2 aromatic carbocycles. The molecule has 148 valence electrons. The van der Waals surface area contributed by atoms with Crippen LogP contribution in [-0.2, 0) is 17.5 Å². The second-order valence-electron chi connectivity index (χ2n) is 6.67. The van der Waals surface area contributed by atoms with Crippen molar-refractivity contribution in [2.24, 2.45) is 0 Å². The van der Waals surface area contributed by atoms with E-state index in [0.29, 0.717) is 41.2 Å². The highest BCUT2D eigenvalue weighted by molar-refractivity contribution is 6.31. The molecule has 0 aromatic heterocycles. The lowest BCUT2D eigenvalue weighted by Gasteiger charge is -2.23. The molecule has 0 unspecified atom stereocenters. The van der Waals surface area contributed by atoms with E-state index in [4.69, 9.17) is 11.6 Å². The average molecular weight is 411 g/mol. The Hall–Kier alpha value is -2.54. The maximum Gasteiger partial charge on any atom is 0.416 e. The highest BCUT2D eigenvalue weighted by atomic mass is 35.5. The number of rotatable bonds is 4. The van der Waals surface area contributed by atoms with Crippen LogP contribution >= 0.6 is 11.6 Å². The SMILES string of the molecule is CN(Cc1ccc(C(F)(F)F)cc1)C(=O)c1ccc(Cl)cc1N1CCCC1=O. The van der Waals surface area contributed by atoms with Crippen molar-refractivity contribution in [3.63, 3.8) is 0 Å². The predicted octanol–water partition coefficient (Wildman–Crippen LogP) is 4.76. The number of carbonyl (C=O) groups is 2. The van der Waals surface area contributed by atoms with E-state index in [1.54, 1.807) is 30.1 Å². The molecule has 0 N–H and O–H groups in total. The maximum absolute atomic E-state index is 12.9. The van der Waals surface area contributed by atoms with Crippen molar-refractivity contribution in [2.45, 2.75) is 25.6 Å². The largest absolute Gasteiger partial charge is 0.416 e. The summed E-state index contributed by atoms with van der Waals surface area (Å²) in [5.74, 6) is -0.409. The lowest BCUT2D eigenvalue weighted by molar-refractivity contribution is -0.137. The Kier molecular flexibility index (Phi) is 5.65. The lowest BCUT2D eigenvalue weighted by Crippen LogP contribution is -2.31. The molecule has 0 bridgehead atoms. The summed E-state index contributed by atoms with van der Waals surface area (Å²) in [6.45, 7) is 0.648. The third-order valence-electron chi connectivity index (χ3n) is 4.60. The first kappa shape index (κ1) is 20.2. The minimum absolute atomic E-state index is 0.0679. The Bertz CT molecular complexity index is 897. The molecule has 2 aromatic rings. The molecule has 1 aliphatic rings. The van der Waals surface area contributed by atoms with Gasteiger partial charge in [0.2, 0.25) is 5.91 Å². The number of carbonyl (C=O) groups excluding carboxylic acids is 2. The number of hydrogen-bond donors (Lipinski definition) is 0. The van der Waals surface area contributed by atoms with Crippen LogP contribution in [0.5, 0.6) is 0 Å². The number of benzene rings is 2. The minimum atomic E-state index is -4.40. The third kappa shape index (κ3) is 4.30. The zero-order valence-electron chi connectivity index (χ0n) is 15.1. The third-order valence-corrected chi connectivity index (χ3v) is 4.84. The Labute approximate surface area is 165 Å². The van der Waals surface area contributed by atoms with E-state index in [2.05, 4.69) is 0 Å². The summed E-state index contributed by atoms with van der Waals surface area (Å²) in [5.41, 5.74) is 0.614. The van der Waals surface area contributed by atoms with Crippen molar-refractivity contribution < 1.29 is 22.8 Å². The molecule has 0 spiro atoms. The zero-order valence-corrected chi connectivity index (χ0v) is 15.8. The van der Waals surface area contributed by atoms with Crippen molar-refractivity contribution in [3.8, 4) is 0 Å². The first-order valence-electron chi connectivity index (χ1n) is 8.68. The van der Waals surface area contributed by atoms with Crippen LogP contribution in [0.2, 0.25) is 5.02 Å². The number of anilines is 1. The Morgan fingerprint density at radius 3 is 2.43 bits per heavy atom. The van der Waals surface area contributed by atoms with Gasteiger partial charge in [0.05, 0.1) is 16.8 Å². The molecule has 0 saturated carbocycles. The van der Waals surface area contributed by atoms with Crippen LogP contribution in [0.4, 0.5) is 18.9 Å². The number of alkyl halides is 3. The van der Waals surface area contributed by atoms with Gasteiger partial charge >= 0.3 is 6.18 Å². The molecule has 0 atom stereocenters. The Morgan fingerprint density at radius 2 is 1.86 bits per heavy atom. The van der Waals surface area contributed by atoms with Crippen LogP contribution in [0.25, 0.3) is 0 Å². The number of halogens is 4. The molecule has 2 amide bonds. The van der Waals surface area contributed by atoms with Crippen molar-refractivity contribution in [2.75, 3.05) is 18.5 Å². The number of nitrogens with zero attached hydrogens (tertiary/aromatic N) is 2. The van der Waals surface area contributed by atoms with Gasteiger partial charge in [-0.2, -0.15) is 13.2 Å². The molecule has 0 radical (unpaired) electrons. The van der Waals surface area contributed by atoms with Gasteiger partial charge in [-0.05, 0) is 42.3 Å². The van der Waals surface area contributed by atoms with E-state index in [1.165, 1.54) is 17.0 Å². The second kappa shape index (κ2) is 7.83. The summed E-state index contributed by atoms with van der Waals surface area (Å²) < 4.78 is 38.0. The van der Waals surface area contributed by atoms with Crippen LogP contribution in [0, 0.1) is 0 Å². The van der Waals surface area contributed by atoms with Crippen molar-refractivity contribution in [1.82, 2.24) is 4.90 Å². The van der Waals surface area contributed by atoms with Crippen LogP contribution < -0.4 is 4.90 Å². The molecule has 4 nitrogen and oxygen atoms in total. The molecule has 1 heterocycles. The van der Waals surface area contributed by atoms with Crippen molar-refractivity contribution >= 4 is 29.1 Å². The summed E-state index contributed by atoms with van der Waals surface area (Å²) in [7, 11) is 1.56. The minimum Gasteiger partial charge on any atom is -0.337 e. The molecule has 1 saturated heterocycles. The standard InChI is InChI=1S/C20H18ClF3N2O2/c1-25(12-13-4-6-14(7-5-13)20(22,23)24)19(28)16-9-8-15(21)11-17(16)26-10-2-3-18(26)27/h4-9,11H,2-3,10,12H2,1H3. The van der Waals surface area contributed by atoms with Crippen LogP contribution in [0.1, 0.15) is 34.3 Å². The van der Waals surface area contributed by atoms with Crippen molar-refractivity contribution in [3.05, 3.63) is 64.2 Å². The number of amides is 2. The van der Waals surface area contributed by atoms with Gasteiger partial charge in [-0.25, -0.2) is 0 Å². The summed E-state index contributed by atoms with van der Waals surface area (Å²) in [6.07, 6.45) is -3.28. The summed E-state index contributed by atoms with van der Waals surface area (Å²) in [6, 6.07) is 9.40. The van der Waals surface area contributed by atoms with E-state index in [1.807, 2.05) is 0 Å². The summed E-state index contributed by atoms with van der Waals surface area (Å²) in [4.78, 5) is 28.0. The van der Waals surface area contributed by atoms with Gasteiger partial charge in [-0.1, -0.05) is 23.7 Å². The Balaban J connectivity index is 1.81. The quantitative estimate of drug-likeness (QED) is 0.729. The summed E-state index contributed by atoms with van der Waals surface area (Å²) >= 11 is 6.05. The molecule has 28 heavy (non-hydrogen) atoms. The fourth-order valence-corrected chi connectivity index (χ4v) is 3.33. The van der Waals surface area contributed by atoms with Crippen LogP contribution in [0.15, 0.2) is 42.5 Å². The first-order valence-corrected chi connectivity index (χ1v) is 9.06. The molecule has 8 heteroatoms. The lowest BCUT2D eigenvalue weighted by atomic mass is 10.1. The van der Waals surface area contributed by atoms with E-state index in [9.17, 15) is 22.8 Å². The monoisotopic (exact) mass is 410 g/mol. The van der Waals surface area contributed by atoms with Gasteiger partial charge in [-0.3, -0.25) is 9.59 Å². The van der Waals surface area contributed by atoms with Crippen LogP contribution in [-0.4, -0.2) is 30.3 Å². The Morgan fingerprint density at radius 1 is 1.18 bits per heavy atom. The second-order valence-corrected chi connectivity index (χ2v) is 7.10. The maximum atomic E-state index is 12.9. The average Bonchev–Trinajstić information content (AvgIpc) is 3.06. The van der Waals surface area contributed by atoms with Gasteiger partial charge in [0.15, 0.2) is 0 Å². The molecule has 1 fully saturated rings. The van der Waals surface area contributed by atoms with Gasteiger partial charge in [0.25, 0.3) is 5.91 Å². The van der Waals surface area contributed by atoms with Gasteiger partial charge in [-0.15, -0.1) is 0 Å². The molecular weight excluding hydrogens is 393 g/mol. The predicted molar refractivity (Wildman–Crippen MR) is 100 cm³/mol. The topological polar surface area (TPSA) is 40.6 Å². The van der Waals surface area contributed by atoms with Gasteiger partial charge in [0.1, 0.15) is 0 Å². The normalized spacial score (nSPS) is 14.5. The van der Waals surface area contributed by atoms with E-state index >= 15 is 0 Å². The zero-order chi connectivity index (χ0) is 20.5. The van der Waals surface area contributed by atoms with Gasteiger partial charge < -0.3 is 9.80 Å². The first-order chi connectivity index (χ1) is 13.2. The van der Waals surface area contributed by atoms with Crippen molar-refractivity contribution in [1.29, 1.82) is 0 Å².